The van der Waals surface area contributed by atoms with E-state index in [9.17, 15) is 19.5 Å². The van der Waals surface area contributed by atoms with Gasteiger partial charge in [-0.3, -0.25) is 9.59 Å². The molecule has 176 valence electrons. The molecule has 1 unspecified atom stereocenters. The van der Waals surface area contributed by atoms with Gasteiger partial charge in [0.25, 0.3) is 0 Å². The van der Waals surface area contributed by atoms with E-state index in [-0.39, 0.29) is 12.2 Å². The van der Waals surface area contributed by atoms with Crippen molar-refractivity contribution in [3.05, 3.63) is 34.9 Å². The molecule has 0 aromatic heterocycles. The molecule has 0 aromatic carbocycles. The Morgan fingerprint density at radius 1 is 0.935 bits per heavy atom. The van der Waals surface area contributed by atoms with Gasteiger partial charge in [0.15, 0.2) is 0 Å². The first-order valence-corrected chi connectivity index (χ1v) is 12.0. The highest BCUT2D eigenvalue weighted by Gasteiger charge is 2.25. The minimum Gasteiger partial charge on any atom is -0.481 e. The fourth-order valence-electron chi connectivity index (χ4n) is 2.82. The van der Waals surface area contributed by atoms with E-state index in [0.29, 0.717) is 12.2 Å². The van der Waals surface area contributed by atoms with E-state index in [1.165, 1.54) is 28.5 Å². The molecule has 0 spiro atoms. The largest absolute Gasteiger partial charge is 0.481 e. The minimum absolute atomic E-state index is 0.234. The molecule has 0 aliphatic carbocycles. The van der Waals surface area contributed by atoms with Crippen LogP contribution < -0.4 is 5.32 Å². The first-order valence-electron chi connectivity index (χ1n) is 10.8. The number of aliphatic carboxylic acids is 2. The Morgan fingerprint density at radius 3 is 2.03 bits per heavy atom. The Labute approximate surface area is 191 Å². The smallest absolute Gasteiger partial charge is 0.327 e. The normalized spacial score (nSPS) is 14.0. The van der Waals surface area contributed by atoms with Crippen LogP contribution >= 0.6 is 11.8 Å². The quantitative estimate of drug-likeness (QED) is 0.219. The lowest BCUT2D eigenvalue weighted by molar-refractivity contribution is -0.143. The van der Waals surface area contributed by atoms with Crippen molar-refractivity contribution in [2.75, 3.05) is 11.5 Å². The Morgan fingerprint density at radius 2 is 1.52 bits per heavy atom. The maximum atomic E-state index is 12.2. The summed E-state index contributed by atoms with van der Waals surface area (Å²) in [6.45, 7) is 10.2. The van der Waals surface area contributed by atoms with Gasteiger partial charge in [0.2, 0.25) is 5.91 Å². The van der Waals surface area contributed by atoms with E-state index in [4.69, 9.17) is 5.11 Å². The number of carboxylic acids is 2. The summed E-state index contributed by atoms with van der Waals surface area (Å²) < 4.78 is 0. The van der Waals surface area contributed by atoms with Crippen LogP contribution in [0.15, 0.2) is 34.9 Å². The molecule has 0 radical (unpaired) electrons. The standard InChI is InChI=1S/C24H39NO5S/c1-6-20(15-22(26)27)23(28)25-21(24(29)30)16-31-14-13-19(5)12-8-11-18(4)10-7-9-17(2)3/h9,11,13,20-21H,6-8,10,12,14-16H2,1-5H3,(H,25,28)(H,26,27)(H,29,30)/b18-11+,19-13+/t20?,21-/m0/s1. The molecule has 0 saturated carbocycles. The molecule has 2 atom stereocenters. The summed E-state index contributed by atoms with van der Waals surface area (Å²) in [5.74, 6) is -2.51. The van der Waals surface area contributed by atoms with Crippen molar-refractivity contribution in [2.24, 2.45) is 5.92 Å². The van der Waals surface area contributed by atoms with E-state index in [1.807, 2.05) is 0 Å². The Hall–Kier alpha value is -2.02. The summed E-state index contributed by atoms with van der Waals surface area (Å²) >= 11 is 1.44. The van der Waals surface area contributed by atoms with Crippen molar-refractivity contribution >= 4 is 29.6 Å². The molecule has 0 saturated heterocycles. The average molecular weight is 454 g/mol. The molecule has 0 fully saturated rings. The number of thioether (sulfide) groups is 1. The van der Waals surface area contributed by atoms with E-state index >= 15 is 0 Å². The molecule has 0 aliphatic rings. The summed E-state index contributed by atoms with van der Waals surface area (Å²) in [5, 5.41) is 20.7. The van der Waals surface area contributed by atoms with Gasteiger partial charge in [-0.2, -0.15) is 11.8 Å². The third-order valence-electron chi connectivity index (χ3n) is 4.86. The van der Waals surface area contributed by atoms with Crippen LogP contribution in [0.4, 0.5) is 0 Å². The summed E-state index contributed by atoms with van der Waals surface area (Å²) in [7, 11) is 0. The molecule has 0 heterocycles. The molecule has 0 aromatic rings. The molecule has 7 heteroatoms. The van der Waals surface area contributed by atoms with Crippen LogP contribution in [0.2, 0.25) is 0 Å². The number of amides is 1. The fraction of sp³-hybridized carbons (Fsp3) is 0.625. The first-order chi connectivity index (χ1) is 14.6. The van der Waals surface area contributed by atoms with E-state index in [2.05, 4.69) is 51.2 Å². The lowest BCUT2D eigenvalue weighted by atomic mass is 10.0. The van der Waals surface area contributed by atoms with Gasteiger partial charge in [0.1, 0.15) is 6.04 Å². The predicted molar refractivity (Wildman–Crippen MR) is 128 cm³/mol. The number of carbonyl (C=O) groups is 3. The average Bonchev–Trinajstić information content (AvgIpc) is 2.67. The van der Waals surface area contributed by atoms with Crippen molar-refractivity contribution < 1.29 is 24.6 Å². The Kier molecular flexibility index (Phi) is 15.6. The van der Waals surface area contributed by atoms with Crippen LogP contribution in [0.3, 0.4) is 0 Å². The van der Waals surface area contributed by atoms with Crippen molar-refractivity contribution in [3.63, 3.8) is 0 Å². The van der Waals surface area contributed by atoms with Crippen LogP contribution in [-0.4, -0.2) is 45.6 Å². The molecular weight excluding hydrogens is 414 g/mol. The molecule has 3 N–H and O–H groups in total. The molecule has 31 heavy (non-hydrogen) atoms. The van der Waals surface area contributed by atoms with Crippen molar-refractivity contribution in [1.29, 1.82) is 0 Å². The van der Waals surface area contributed by atoms with Gasteiger partial charge in [0, 0.05) is 17.4 Å². The SMILES string of the molecule is CCC(CC(=O)O)C(=O)N[C@@H](CSC/C=C(\C)CC/C=C(\C)CCC=C(C)C)C(=O)O. The van der Waals surface area contributed by atoms with Gasteiger partial charge in [-0.15, -0.1) is 0 Å². The highest BCUT2D eigenvalue weighted by atomic mass is 32.2. The third kappa shape index (κ3) is 15.4. The molecule has 0 bridgehead atoms. The van der Waals surface area contributed by atoms with Gasteiger partial charge in [-0.25, -0.2) is 4.79 Å². The second-order valence-corrected chi connectivity index (χ2v) is 9.17. The van der Waals surface area contributed by atoms with Gasteiger partial charge in [0.05, 0.1) is 6.42 Å². The number of carbonyl (C=O) groups excluding carboxylic acids is 1. The molecule has 0 rings (SSSR count). The van der Waals surface area contributed by atoms with E-state index in [0.717, 1.165) is 25.7 Å². The third-order valence-corrected chi connectivity index (χ3v) is 5.83. The zero-order valence-corrected chi connectivity index (χ0v) is 20.4. The molecule has 6 nitrogen and oxygen atoms in total. The number of allylic oxidation sites excluding steroid dienone is 5. The second-order valence-electron chi connectivity index (χ2n) is 8.10. The van der Waals surface area contributed by atoms with Gasteiger partial charge in [-0.1, -0.05) is 41.9 Å². The highest BCUT2D eigenvalue weighted by molar-refractivity contribution is 7.99. The predicted octanol–water partition coefficient (Wildman–Crippen LogP) is 5.21. The maximum Gasteiger partial charge on any atom is 0.327 e. The highest BCUT2D eigenvalue weighted by Crippen LogP contribution is 2.14. The first kappa shape index (κ1) is 29.0. The molecular formula is C24H39NO5S. The monoisotopic (exact) mass is 453 g/mol. The van der Waals surface area contributed by atoms with Crippen LogP contribution in [0.5, 0.6) is 0 Å². The van der Waals surface area contributed by atoms with E-state index in [1.54, 1.807) is 6.92 Å². The van der Waals surface area contributed by atoms with Gasteiger partial charge in [-0.05, 0) is 59.8 Å². The minimum atomic E-state index is -1.11. The van der Waals surface area contributed by atoms with Crippen molar-refractivity contribution in [3.8, 4) is 0 Å². The summed E-state index contributed by atoms with van der Waals surface area (Å²) in [6, 6.07) is -1.03. The van der Waals surface area contributed by atoms with Crippen LogP contribution in [0.25, 0.3) is 0 Å². The van der Waals surface area contributed by atoms with Crippen LogP contribution in [0, 0.1) is 5.92 Å². The summed E-state index contributed by atoms with van der Waals surface area (Å²) in [4.78, 5) is 34.5. The van der Waals surface area contributed by atoms with Crippen LogP contribution in [0.1, 0.15) is 73.1 Å². The number of carboxylic acid groups (broad SMARTS) is 2. The summed E-state index contributed by atoms with van der Waals surface area (Å²) in [5.41, 5.74) is 4.00. The van der Waals surface area contributed by atoms with Gasteiger partial charge >= 0.3 is 11.9 Å². The van der Waals surface area contributed by atoms with Crippen LogP contribution in [-0.2, 0) is 14.4 Å². The number of hydrogen-bond donors (Lipinski definition) is 3. The zero-order chi connectivity index (χ0) is 23.8. The second kappa shape index (κ2) is 16.6. The lowest BCUT2D eigenvalue weighted by Crippen LogP contribution is -2.45. The molecule has 1 amide bonds. The lowest BCUT2D eigenvalue weighted by Gasteiger charge is -2.18. The fourth-order valence-corrected chi connectivity index (χ4v) is 3.82. The number of rotatable bonds is 16. The van der Waals surface area contributed by atoms with Crippen molar-refractivity contribution in [2.45, 2.75) is 79.2 Å². The summed E-state index contributed by atoms with van der Waals surface area (Å²) in [6.07, 6.45) is 10.8. The zero-order valence-electron chi connectivity index (χ0n) is 19.6. The maximum absolute atomic E-state index is 12.2. The van der Waals surface area contributed by atoms with Gasteiger partial charge < -0.3 is 15.5 Å². The number of nitrogens with one attached hydrogen (secondary N) is 1. The van der Waals surface area contributed by atoms with E-state index < -0.39 is 29.8 Å². The van der Waals surface area contributed by atoms with Crippen molar-refractivity contribution in [1.82, 2.24) is 5.32 Å². The molecule has 0 aliphatic heterocycles. The number of hydrogen-bond acceptors (Lipinski definition) is 4. The Bertz CT molecular complexity index is 677. The Balaban J connectivity index is 4.40. The topological polar surface area (TPSA) is 104 Å².